The van der Waals surface area contributed by atoms with Gasteiger partial charge in [-0.15, -0.1) is 0 Å². The summed E-state index contributed by atoms with van der Waals surface area (Å²) in [5.41, 5.74) is 2.37. The Kier molecular flexibility index (Phi) is 6.59. The fourth-order valence-corrected chi connectivity index (χ4v) is 4.22. The summed E-state index contributed by atoms with van der Waals surface area (Å²) in [6.07, 6.45) is -0.222. The van der Waals surface area contributed by atoms with E-state index in [9.17, 15) is 19.7 Å². The first-order valence-electron chi connectivity index (χ1n) is 11.1. The van der Waals surface area contributed by atoms with Crippen molar-refractivity contribution in [3.63, 3.8) is 0 Å². The highest BCUT2D eigenvalue weighted by molar-refractivity contribution is 5.99. The van der Waals surface area contributed by atoms with Gasteiger partial charge in [-0.3, -0.25) is 24.4 Å². The van der Waals surface area contributed by atoms with Crippen molar-refractivity contribution in [2.75, 3.05) is 13.2 Å². The number of benzene rings is 1. The zero-order valence-electron chi connectivity index (χ0n) is 19.9. The topological polar surface area (TPSA) is 128 Å². The molecule has 4 rings (SSSR count). The first-order valence-corrected chi connectivity index (χ1v) is 11.1. The van der Waals surface area contributed by atoms with Gasteiger partial charge in [0.2, 0.25) is 5.78 Å². The summed E-state index contributed by atoms with van der Waals surface area (Å²) in [6, 6.07) is 9.23. The number of nitro groups is 1. The van der Waals surface area contributed by atoms with Crippen LogP contribution in [0.5, 0.6) is 11.5 Å². The van der Waals surface area contributed by atoms with Crippen LogP contribution >= 0.6 is 0 Å². The number of hydrogen-bond acceptors (Lipinski definition) is 8. The Balaban J connectivity index is 1.37. The van der Waals surface area contributed by atoms with E-state index in [0.29, 0.717) is 30.2 Å². The van der Waals surface area contributed by atoms with E-state index in [1.54, 1.807) is 6.07 Å². The van der Waals surface area contributed by atoms with Crippen molar-refractivity contribution >= 4 is 17.4 Å². The van der Waals surface area contributed by atoms with Gasteiger partial charge in [0.15, 0.2) is 24.2 Å². The lowest BCUT2D eigenvalue weighted by atomic mass is 10.1. The molecule has 1 atom stereocenters. The van der Waals surface area contributed by atoms with Crippen molar-refractivity contribution < 1.29 is 28.7 Å². The first-order chi connectivity index (χ1) is 16.7. The molecule has 184 valence electrons. The third-order valence-corrected chi connectivity index (χ3v) is 6.00. The lowest BCUT2D eigenvalue weighted by Gasteiger charge is -2.27. The minimum absolute atomic E-state index is 0.142. The molecule has 1 aliphatic rings. The van der Waals surface area contributed by atoms with Crippen LogP contribution in [0.15, 0.2) is 30.3 Å². The highest BCUT2D eigenvalue weighted by Gasteiger charge is 2.25. The van der Waals surface area contributed by atoms with Crippen molar-refractivity contribution in [1.29, 1.82) is 0 Å². The summed E-state index contributed by atoms with van der Waals surface area (Å²) in [6.45, 7) is 6.84. The van der Waals surface area contributed by atoms with Crippen LogP contribution in [-0.4, -0.2) is 50.3 Å². The van der Waals surface area contributed by atoms with Crippen LogP contribution in [0, 0.1) is 37.8 Å². The third-order valence-electron chi connectivity index (χ3n) is 6.00. The zero-order chi connectivity index (χ0) is 25.3. The third kappa shape index (κ3) is 4.88. The molecule has 0 fully saturated rings. The number of carbonyl (C=O) groups is 2. The van der Waals surface area contributed by atoms with Crippen LogP contribution in [0.25, 0.3) is 0 Å². The summed E-state index contributed by atoms with van der Waals surface area (Å²) in [5, 5.41) is 15.1. The maximum absolute atomic E-state index is 12.8. The zero-order valence-corrected chi connectivity index (χ0v) is 19.9. The fraction of sp³-hybridized carbons (Fsp3) is 0.375. The van der Waals surface area contributed by atoms with Gasteiger partial charge in [-0.05, 0) is 45.9 Å². The van der Waals surface area contributed by atoms with E-state index in [0.717, 1.165) is 11.4 Å². The van der Waals surface area contributed by atoms with Crippen LogP contribution in [0.3, 0.4) is 0 Å². The number of aryl methyl sites for hydroxylation is 2. The Bertz CT molecular complexity index is 1310. The van der Waals surface area contributed by atoms with Crippen molar-refractivity contribution in [3.05, 3.63) is 68.8 Å². The highest BCUT2D eigenvalue weighted by Crippen LogP contribution is 2.31. The van der Waals surface area contributed by atoms with E-state index in [4.69, 9.17) is 14.2 Å². The molecule has 0 radical (unpaired) electrons. The van der Waals surface area contributed by atoms with E-state index in [1.807, 2.05) is 42.7 Å². The second-order valence-corrected chi connectivity index (χ2v) is 8.41. The Hall–Kier alpha value is -4.15. The normalized spacial score (nSPS) is 14.6. The lowest BCUT2D eigenvalue weighted by molar-refractivity contribution is -0.386. The molecular weight excluding hydrogens is 456 g/mol. The van der Waals surface area contributed by atoms with Gasteiger partial charge >= 0.3 is 11.7 Å². The van der Waals surface area contributed by atoms with Crippen molar-refractivity contribution in [3.8, 4) is 11.5 Å². The van der Waals surface area contributed by atoms with Gasteiger partial charge < -0.3 is 18.8 Å². The number of carbonyl (C=O) groups excluding carboxylic acids is 2. The van der Waals surface area contributed by atoms with Gasteiger partial charge in [0.05, 0.1) is 11.5 Å². The number of ketones is 1. The van der Waals surface area contributed by atoms with Crippen LogP contribution in [0.1, 0.15) is 33.1 Å². The molecule has 0 N–H and O–H groups in total. The predicted octanol–water partition coefficient (Wildman–Crippen LogP) is 3.09. The molecule has 0 saturated carbocycles. The number of hydrogen-bond donors (Lipinski definition) is 0. The van der Waals surface area contributed by atoms with Gasteiger partial charge in [-0.2, -0.15) is 5.10 Å². The average molecular weight is 482 g/mol. The van der Waals surface area contributed by atoms with Crippen molar-refractivity contribution in [2.45, 2.75) is 46.9 Å². The number of aromatic nitrogens is 3. The summed E-state index contributed by atoms with van der Waals surface area (Å²) in [4.78, 5) is 35.7. The molecule has 0 spiro atoms. The molecule has 0 amide bonds. The number of esters is 1. The quantitative estimate of drug-likeness (QED) is 0.207. The molecule has 0 saturated heterocycles. The van der Waals surface area contributed by atoms with Gasteiger partial charge in [0.25, 0.3) is 0 Å². The molecule has 35 heavy (non-hydrogen) atoms. The van der Waals surface area contributed by atoms with Gasteiger partial charge in [-0.25, -0.2) is 0 Å². The number of ether oxygens (including phenoxy) is 3. The number of nitrogens with zero attached hydrogens (tertiary/aromatic N) is 4. The lowest BCUT2D eigenvalue weighted by Crippen LogP contribution is -2.33. The molecule has 0 aliphatic carbocycles. The smallest absolute Gasteiger partial charge is 0.328 e. The molecule has 0 unspecified atom stereocenters. The Morgan fingerprint density at radius 2 is 1.89 bits per heavy atom. The van der Waals surface area contributed by atoms with Gasteiger partial charge in [-0.1, -0.05) is 12.1 Å². The van der Waals surface area contributed by atoms with Gasteiger partial charge in [0, 0.05) is 17.0 Å². The maximum atomic E-state index is 12.8. The molecule has 2 aromatic heterocycles. The summed E-state index contributed by atoms with van der Waals surface area (Å²) in [5.74, 6) is 0.335. The predicted molar refractivity (Wildman–Crippen MR) is 124 cm³/mol. The Morgan fingerprint density at radius 3 is 2.57 bits per heavy atom. The van der Waals surface area contributed by atoms with E-state index in [-0.39, 0.29) is 35.5 Å². The molecule has 11 heteroatoms. The molecule has 3 aromatic rings. The second-order valence-electron chi connectivity index (χ2n) is 8.41. The van der Waals surface area contributed by atoms with Crippen LogP contribution in [-0.2, 0) is 22.6 Å². The van der Waals surface area contributed by atoms with Crippen molar-refractivity contribution in [2.24, 2.45) is 0 Å². The van der Waals surface area contributed by atoms with Crippen molar-refractivity contribution in [1.82, 2.24) is 14.3 Å². The van der Waals surface area contributed by atoms with Crippen LogP contribution in [0.2, 0.25) is 0 Å². The average Bonchev–Trinajstić information content (AvgIpc) is 3.26. The first kappa shape index (κ1) is 24.0. The molecule has 1 aromatic carbocycles. The number of rotatable bonds is 8. The highest BCUT2D eigenvalue weighted by atomic mass is 16.6. The van der Waals surface area contributed by atoms with E-state index in [1.165, 1.54) is 18.5 Å². The maximum Gasteiger partial charge on any atom is 0.328 e. The molecule has 3 heterocycles. The SMILES string of the molecule is Cc1nn(CC(=O)OCC(=O)c2cc(C)n(C[C@@H]3COc4ccccc4O3)c2C)c(C)c1[N+](=O)[O-]. The standard InChI is InChI=1S/C24H26N4O7/c1-14-9-19(16(3)26(14)10-18-12-33-21-7-5-6-8-22(21)35-18)20(29)13-34-23(30)11-27-17(4)24(28(31)32)15(2)25-27/h5-9,18H,10-13H2,1-4H3/t18-/m1/s1. The monoisotopic (exact) mass is 482 g/mol. The van der Waals surface area contributed by atoms with E-state index in [2.05, 4.69) is 5.10 Å². The summed E-state index contributed by atoms with van der Waals surface area (Å²) in [7, 11) is 0. The Labute approximate surface area is 201 Å². The summed E-state index contributed by atoms with van der Waals surface area (Å²) < 4.78 is 20.1. The van der Waals surface area contributed by atoms with Crippen LogP contribution in [0.4, 0.5) is 5.69 Å². The second kappa shape index (κ2) is 9.61. The minimum atomic E-state index is -0.709. The number of para-hydroxylation sites is 2. The number of fused-ring (bicyclic) bond motifs is 1. The molecule has 1 aliphatic heterocycles. The largest absolute Gasteiger partial charge is 0.486 e. The molecule has 11 nitrogen and oxygen atoms in total. The molecular formula is C24H26N4O7. The van der Waals surface area contributed by atoms with Gasteiger partial charge in [0.1, 0.15) is 24.5 Å². The Morgan fingerprint density at radius 1 is 1.17 bits per heavy atom. The number of Topliss-reactive ketones (excluding diaryl/α,β-unsaturated/α-hetero) is 1. The summed E-state index contributed by atoms with van der Waals surface area (Å²) >= 11 is 0. The minimum Gasteiger partial charge on any atom is -0.486 e. The van der Waals surface area contributed by atoms with E-state index >= 15 is 0 Å². The fourth-order valence-electron chi connectivity index (χ4n) is 4.22. The van der Waals surface area contributed by atoms with Crippen LogP contribution < -0.4 is 9.47 Å². The molecule has 0 bridgehead atoms. The van der Waals surface area contributed by atoms with E-state index < -0.39 is 17.5 Å².